The predicted molar refractivity (Wildman–Crippen MR) is 127 cm³/mol. The lowest BCUT2D eigenvalue weighted by Crippen LogP contribution is -2.27. The average molecular weight is 437 g/mol. The van der Waals surface area contributed by atoms with E-state index >= 15 is 0 Å². The van der Waals surface area contributed by atoms with E-state index in [9.17, 15) is 15.4 Å². The molecule has 6 nitrogen and oxygen atoms in total. The second-order valence-corrected chi connectivity index (χ2v) is 7.87. The average Bonchev–Trinajstić information content (AvgIpc) is 2.83. The van der Waals surface area contributed by atoms with Crippen LogP contribution < -0.4 is 10.1 Å². The fourth-order valence-electron chi connectivity index (χ4n) is 4.22. The van der Waals surface area contributed by atoms with Gasteiger partial charge in [0.2, 0.25) is 0 Å². The summed E-state index contributed by atoms with van der Waals surface area (Å²) in [6, 6.07) is 26.5. The lowest BCUT2D eigenvalue weighted by Gasteiger charge is -2.29. The van der Waals surface area contributed by atoms with Crippen LogP contribution in [0, 0.1) is 21.4 Å². The Balaban J connectivity index is 1.83. The largest absolute Gasteiger partial charge is 0.489 e. The first-order valence-electron chi connectivity index (χ1n) is 10.6. The summed E-state index contributed by atoms with van der Waals surface area (Å²) in [5, 5.41) is 24.6. The number of hydrogen-bond donors (Lipinski definition) is 1. The number of nitrogens with one attached hydrogen (secondary N) is 1. The first-order chi connectivity index (χ1) is 16.0. The van der Waals surface area contributed by atoms with E-state index in [1.54, 1.807) is 19.1 Å². The van der Waals surface area contributed by atoms with E-state index in [1.807, 2.05) is 73.7 Å². The van der Waals surface area contributed by atoms with E-state index in [4.69, 9.17) is 4.74 Å². The second-order valence-electron chi connectivity index (χ2n) is 7.87. The SMILES string of the molecule is CC1=C(c2ccc(C#N)cc2)C(c2ccccc2OCc2ccccc2)C([N+](=O)[O-])=C(C)N1. The van der Waals surface area contributed by atoms with E-state index in [1.165, 1.54) is 0 Å². The quantitative estimate of drug-likeness (QED) is 0.391. The Bertz CT molecular complexity index is 1290. The Morgan fingerprint density at radius 2 is 1.64 bits per heavy atom. The van der Waals surface area contributed by atoms with Crippen molar-refractivity contribution in [2.45, 2.75) is 26.4 Å². The van der Waals surface area contributed by atoms with E-state index in [-0.39, 0.29) is 10.6 Å². The molecule has 0 aromatic heterocycles. The summed E-state index contributed by atoms with van der Waals surface area (Å²) in [6.45, 7) is 3.99. The Kier molecular flexibility index (Phi) is 6.23. The van der Waals surface area contributed by atoms with Crippen molar-refractivity contribution in [2.75, 3.05) is 0 Å². The monoisotopic (exact) mass is 437 g/mol. The number of rotatable bonds is 6. The summed E-state index contributed by atoms with van der Waals surface area (Å²) in [6.07, 6.45) is 0. The maximum absolute atomic E-state index is 12.2. The van der Waals surface area contributed by atoms with Crippen molar-refractivity contribution >= 4 is 5.57 Å². The molecular weight excluding hydrogens is 414 g/mol. The van der Waals surface area contributed by atoms with Crippen molar-refractivity contribution in [3.63, 3.8) is 0 Å². The molecule has 1 aliphatic rings. The molecule has 0 radical (unpaired) electrons. The van der Waals surface area contributed by atoms with Gasteiger partial charge in [0.25, 0.3) is 5.70 Å². The van der Waals surface area contributed by atoms with Crippen LogP contribution in [0.5, 0.6) is 5.75 Å². The summed E-state index contributed by atoms with van der Waals surface area (Å²) < 4.78 is 6.16. The van der Waals surface area contributed by atoms with Gasteiger partial charge in [-0.3, -0.25) is 10.1 Å². The summed E-state index contributed by atoms with van der Waals surface area (Å²) in [7, 11) is 0. The molecule has 33 heavy (non-hydrogen) atoms. The minimum atomic E-state index is -0.638. The Morgan fingerprint density at radius 1 is 0.970 bits per heavy atom. The Labute approximate surface area is 192 Å². The van der Waals surface area contributed by atoms with Crippen LogP contribution in [0.2, 0.25) is 0 Å². The first kappa shape index (κ1) is 21.8. The van der Waals surface area contributed by atoms with Crippen molar-refractivity contribution < 1.29 is 9.66 Å². The van der Waals surface area contributed by atoms with Crippen LogP contribution in [0.4, 0.5) is 0 Å². The highest BCUT2D eigenvalue weighted by Gasteiger charge is 2.39. The van der Waals surface area contributed by atoms with Crippen molar-refractivity contribution in [3.05, 3.63) is 128 Å². The van der Waals surface area contributed by atoms with E-state index in [0.29, 0.717) is 23.6 Å². The smallest absolute Gasteiger partial charge is 0.276 e. The number of benzene rings is 3. The normalized spacial score (nSPS) is 15.6. The molecule has 0 saturated carbocycles. The molecular formula is C27H23N3O3. The number of dihydropyridines is 1. The van der Waals surface area contributed by atoms with Crippen LogP contribution >= 0.6 is 0 Å². The van der Waals surface area contributed by atoms with Crippen LogP contribution in [-0.4, -0.2) is 4.92 Å². The fraction of sp³-hybridized carbons (Fsp3) is 0.148. The molecule has 0 amide bonds. The first-order valence-corrected chi connectivity index (χ1v) is 10.6. The third-order valence-corrected chi connectivity index (χ3v) is 5.71. The highest BCUT2D eigenvalue weighted by molar-refractivity contribution is 5.79. The molecule has 1 unspecified atom stereocenters. The number of para-hydroxylation sites is 1. The van der Waals surface area contributed by atoms with Crippen molar-refractivity contribution in [1.29, 1.82) is 5.26 Å². The minimum Gasteiger partial charge on any atom is -0.489 e. The van der Waals surface area contributed by atoms with Gasteiger partial charge in [0.15, 0.2) is 0 Å². The van der Waals surface area contributed by atoms with Crippen LogP contribution in [0.1, 0.15) is 42.0 Å². The zero-order valence-corrected chi connectivity index (χ0v) is 18.4. The molecule has 1 heterocycles. The molecule has 164 valence electrons. The van der Waals surface area contributed by atoms with Gasteiger partial charge in [-0.1, -0.05) is 60.7 Å². The summed E-state index contributed by atoms with van der Waals surface area (Å²) in [4.78, 5) is 11.9. The zero-order valence-electron chi connectivity index (χ0n) is 18.4. The highest BCUT2D eigenvalue weighted by Crippen LogP contribution is 2.46. The zero-order chi connectivity index (χ0) is 23.4. The number of hydrogen-bond acceptors (Lipinski definition) is 5. The van der Waals surface area contributed by atoms with Gasteiger partial charge in [-0.2, -0.15) is 5.26 Å². The Hall–Kier alpha value is -4.37. The van der Waals surface area contributed by atoms with Gasteiger partial charge in [-0.15, -0.1) is 0 Å². The third-order valence-electron chi connectivity index (χ3n) is 5.71. The number of nitriles is 1. The molecule has 3 aromatic carbocycles. The van der Waals surface area contributed by atoms with Gasteiger partial charge in [0, 0.05) is 11.3 Å². The van der Waals surface area contributed by atoms with Gasteiger partial charge in [0.1, 0.15) is 18.3 Å². The maximum Gasteiger partial charge on any atom is 0.276 e. The number of allylic oxidation sites excluding steroid dienone is 3. The standard InChI is InChI=1S/C27H23N3O3/c1-18-25(22-14-12-20(16-28)13-15-22)26(27(30(31)32)19(2)29-18)23-10-6-7-11-24(23)33-17-21-8-4-3-5-9-21/h3-15,26,29H,17H2,1-2H3. The summed E-state index contributed by atoms with van der Waals surface area (Å²) >= 11 is 0. The molecule has 1 N–H and O–H groups in total. The van der Waals surface area contributed by atoms with Gasteiger partial charge in [-0.25, -0.2) is 0 Å². The van der Waals surface area contributed by atoms with Gasteiger partial charge in [0.05, 0.1) is 22.3 Å². The molecule has 0 saturated heterocycles. The third kappa shape index (κ3) is 4.48. The van der Waals surface area contributed by atoms with E-state index in [2.05, 4.69) is 11.4 Å². The van der Waals surface area contributed by atoms with Gasteiger partial charge in [-0.05, 0) is 48.7 Å². The van der Waals surface area contributed by atoms with Crippen LogP contribution in [-0.2, 0) is 6.61 Å². The molecule has 0 aliphatic carbocycles. The van der Waals surface area contributed by atoms with Crippen molar-refractivity contribution in [2.24, 2.45) is 0 Å². The molecule has 4 rings (SSSR count). The number of nitro groups is 1. The van der Waals surface area contributed by atoms with Gasteiger partial charge >= 0.3 is 0 Å². The fourth-order valence-corrected chi connectivity index (χ4v) is 4.22. The molecule has 0 spiro atoms. The summed E-state index contributed by atoms with van der Waals surface area (Å²) in [5.41, 5.74) is 5.27. The molecule has 0 fully saturated rings. The Morgan fingerprint density at radius 3 is 2.30 bits per heavy atom. The second kappa shape index (κ2) is 9.41. The van der Waals surface area contributed by atoms with Crippen molar-refractivity contribution in [3.8, 4) is 11.8 Å². The predicted octanol–water partition coefficient (Wildman–Crippen LogP) is 5.76. The number of ether oxygens (including phenoxy) is 1. The van der Waals surface area contributed by atoms with E-state index in [0.717, 1.165) is 28.0 Å². The molecule has 0 bridgehead atoms. The molecule has 1 aliphatic heterocycles. The molecule has 1 atom stereocenters. The van der Waals surface area contributed by atoms with E-state index < -0.39 is 5.92 Å². The lowest BCUT2D eigenvalue weighted by molar-refractivity contribution is -0.430. The molecule has 6 heteroatoms. The minimum absolute atomic E-state index is 0.0794. The lowest BCUT2D eigenvalue weighted by atomic mass is 9.80. The topological polar surface area (TPSA) is 88.2 Å². The van der Waals surface area contributed by atoms with Crippen molar-refractivity contribution in [1.82, 2.24) is 5.32 Å². The summed E-state index contributed by atoms with van der Waals surface area (Å²) in [5.74, 6) is -0.0412. The van der Waals surface area contributed by atoms with Crippen LogP contribution in [0.25, 0.3) is 5.57 Å². The van der Waals surface area contributed by atoms with Crippen LogP contribution in [0.15, 0.2) is 96.0 Å². The van der Waals surface area contributed by atoms with Crippen LogP contribution in [0.3, 0.4) is 0 Å². The van der Waals surface area contributed by atoms with Gasteiger partial charge < -0.3 is 10.1 Å². The maximum atomic E-state index is 12.2. The highest BCUT2D eigenvalue weighted by atomic mass is 16.6. The molecule has 3 aromatic rings. The number of nitrogens with zero attached hydrogens (tertiary/aromatic N) is 2.